The number of carbonyl (C=O) groups is 1. The van der Waals surface area contributed by atoms with Crippen molar-refractivity contribution < 1.29 is 4.79 Å². The summed E-state index contributed by atoms with van der Waals surface area (Å²) in [7, 11) is 0. The van der Waals surface area contributed by atoms with Crippen LogP contribution in [0.1, 0.15) is 10.4 Å². The number of aromatic nitrogens is 3. The topological polar surface area (TPSA) is 76.4 Å². The number of nitrogens with zero attached hydrogens (tertiary/aromatic N) is 3. The molecule has 27 heavy (non-hydrogen) atoms. The zero-order valence-corrected chi connectivity index (χ0v) is 15.9. The van der Waals surface area contributed by atoms with Crippen LogP contribution < -0.4 is 10.9 Å². The Morgan fingerprint density at radius 3 is 2.78 bits per heavy atom. The highest BCUT2D eigenvalue weighted by molar-refractivity contribution is 7.98. The molecule has 3 heterocycles. The third-order valence-corrected chi connectivity index (χ3v) is 5.47. The molecule has 0 saturated carbocycles. The first kappa shape index (κ1) is 17.4. The van der Waals surface area contributed by atoms with E-state index in [9.17, 15) is 9.59 Å². The number of carbonyl (C=O) groups excluding carboxylic acids is 1. The number of thiazole rings is 1. The number of hydrogen-bond donors (Lipinski definition) is 1. The van der Waals surface area contributed by atoms with Crippen molar-refractivity contribution in [2.75, 3.05) is 11.6 Å². The number of thioether (sulfide) groups is 1. The fraction of sp³-hybridized carbons (Fsp3) is 0.0526. The Balaban J connectivity index is 1.58. The molecule has 8 heteroatoms. The number of hydrogen-bond acceptors (Lipinski definition) is 6. The number of nitrogens with one attached hydrogen (secondary N) is 1. The molecule has 3 aromatic heterocycles. The Labute approximate surface area is 162 Å². The second kappa shape index (κ2) is 7.34. The summed E-state index contributed by atoms with van der Waals surface area (Å²) in [6, 6.07) is 13.2. The Bertz CT molecular complexity index is 1180. The van der Waals surface area contributed by atoms with Crippen LogP contribution >= 0.6 is 23.1 Å². The smallest absolute Gasteiger partial charge is 0.270 e. The van der Waals surface area contributed by atoms with E-state index in [-0.39, 0.29) is 5.56 Å². The van der Waals surface area contributed by atoms with Crippen molar-refractivity contribution in [2.45, 2.75) is 4.90 Å². The molecule has 1 aromatic carbocycles. The number of fused-ring (bicyclic) bond motifs is 1. The molecule has 0 radical (unpaired) electrons. The van der Waals surface area contributed by atoms with Gasteiger partial charge >= 0.3 is 0 Å². The minimum atomic E-state index is -0.524. The van der Waals surface area contributed by atoms with E-state index in [1.165, 1.54) is 26.8 Å². The molecule has 0 spiro atoms. The van der Waals surface area contributed by atoms with Crippen molar-refractivity contribution in [3.8, 4) is 11.3 Å². The van der Waals surface area contributed by atoms with Gasteiger partial charge in [-0.05, 0) is 30.5 Å². The van der Waals surface area contributed by atoms with Crippen LogP contribution in [-0.2, 0) is 0 Å². The van der Waals surface area contributed by atoms with Crippen molar-refractivity contribution in [2.24, 2.45) is 0 Å². The van der Waals surface area contributed by atoms with Gasteiger partial charge < -0.3 is 0 Å². The van der Waals surface area contributed by atoms with Crippen molar-refractivity contribution >= 4 is 39.8 Å². The molecular formula is C19H14N4O2S2. The molecule has 0 bridgehead atoms. The highest BCUT2D eigenvalue weighted by Gasteiger charge is 2.15. The second-order valence-corrected chi connectivity index (χ2v) is 7.36. The Morgan fingerprint density at radius 1 is 1.19 bits per heavy atom. The number of anilines is 1. The van der Waals surface area contributed by atoms with Gasteiger partial charge in [-0.2, -0.15) is 0 Å². The van der Waals surface area contributed by atoms with Gasteiger partial charge in [0.25, 0.3) is 11.5 Å². The van der Waals surface area contributed by atoms with E-state index in [4.69, 9.17) is 0 Å². The van der Waals surface area contributed by atoms with E-state index < -0.39 is 11.5 Å². The first-order valence-electron chi connectivity index (χ1n) is 8.03. The third kappa shape index (κ3) is 3.49. The quantitative estimate of drug-likeness (QED) is 0.533. The van der Waals surface area contributed by atoms with E-state index in [1.54, 1.807) is 36.2 Å². The predicted octanol–water partition coefficient (Wildman–Crippen LogP) is 3.79. The summed E-state index contributed by atoms with van der Waals surface area (Å²) in [6.45, 7) is 0. The molecule has 0 fully saturated rings. The highest BCUT2D eigenvalue weighted by atomic mass is 32.2. The van der Waals surface area contributed by atoms with E-state index in [2.05, 4.69) is 15.3 Å². The van der Waals surface area contributed by atoms with Gasteiger partial charge in [0.05, 0.1) is 5.69 Å². The Kier molecular flexibility index (Phi) is 4.74. The van der Waals surface area contributed by atoms with Gasteiger partial charge in [-0.25, -0.2) is 9.97 Å². The van der Waals surface area contributed by atoms with Gasteiger partial charge in [0.15, 0.2) is 5.13 Å². The van der Waals surface area contributed by atoms with Crippen molar-refractivity contribution in [3.05, 3.63) is 76.2 Å². The van der Waals surface area contributed by atoms with Gasteiger partial charge in [-0.3, -0.25) is 19.3 Å². The first-order chi connectivity index (χ1) is 13.2. The van der Waals surface area contributed by atoms with Gasteiger partial charge in [0, 0.05) is 28.2 Å². The normalized spacial score (nSPS) is 10.9. The summed E-state index contributed by atoms with van der Waals surface area (Å²) >= 11 is 2.98. The van der Waals surface area contributed by atoms with Crippen LogP contribution in [0.25, 0.3) is 16.9 Å². The molecule has 0 atom stereocenters. The molecule has 0 aliphatic rings. The molecule has 4 aromatic rings. The molecular weight excluding hydrogens is 380 g/mol. The molecule has 1 N–H and O–H groups in total. The lowest BCUT2D eigenvalue weighted by molar-refractivity contribution is 0.102. The maximum atomic E-state index is 12.5. The van der Waals surface area contributed by atoms with E-state index >= 15 is 0 Å². The summed E-state index contributed by atoms with van der Waals surface area (Å²) in [5.41, 5.74) is 1.79. The molecule has 0 aliphatic carbocycles. The minimum absolute atomic E-state index is 0.0280. The molecule has 1 amide bonds. The van der Waals surface area contributed by atoms with Crippen LogP contribution in [0.3, 0.4) is 0 Å². The van der Waals surface area contributed by atoms with Crippen LogP contribution in [-0.4, -0.2) is 26.5 Å². The second-order valence-electron chi connectivity index (χ2n) is 5.63. The van der Waals surface area contributed by atoms with Crippen LogP contribution in [0, 0.1) is 0 Å². The Morgan fingerprint density at radius 2 is 2.00 bits per heavy atom. The van der Waals surface area contributed by atoms with E-state index in [0.29, 0.717) is 10.8 Å². The lowest BCUT2D eigenvalue weighted by atomic mass is 10.2. The lowest BCUT2D eigenvalue weighted by Gasteiger charge is -2.03. The summed E-state index contributed by atoms with van der Waals surface area (Å²) in [5, 5.41) is 4.99. The summed E-state index contributed by atoms with van der Waals surface area (Å²) < 4.78 is 1.34. The molecule has 0 aliphatic heterocycles. The van der Waals surface area contributed by atoms with Gasteiger partial charge in [0.2, 0.25) is 0 Å². The molecule has 6 nitrogen and oxygen atoms in total. The molecule has 0 saturated heterocycles. The maximum absolute atomic E-state index is 12.5. The number of pyridine rings is 1. The van der Waals surface area contributed by atoms with Crippen LogP contribution in [0.15, 0.2) is 69.9 Å². The largest absolute Gasteiger partial charge is 0.298 e. The molecule has 134 valence electrons. The zero-order chi connectivity index (χ0) is 18.8. The van der Waals surface area contributed by atoms with Gasteiger partial charge in [0.1, 0.15) is 11.2 Å². The van der Waals surface area contributed by atoms with Crippen LogP contribution in [0.4, 0.5) is 5.13 Å². The lowest BCUT2D eigenvalue weighted by Crippen LogP contribution is -2.26. The van der Waals surface area contributed by atoms with Gasteiger partial charge in [-0.1, -0.05) is 18.2 Å². The zero-order valence-electron chi connectivity index (χ0n) is 14.2. The van der Waals surface area contributed by atoms with Crippen molar-refractivity contribution in [3.63, 3.8) is 0 Å². The fourth-order valence-corrected chi connectivity index (χ4v) is 3.70. The van der Waals surface area contributed by atoms with Crippen molar-refractivity contribution in [1.29, 1.82) is 0 Å². The SMILES string of the molecule is CSc1ccc(-c2csc(NC(=O)c3cnc4ccccn4c3=O)n2)cc1. The standard InChI is InChI=1S/C19H14N4O2S2/c1-26-13-7-5-12(6-8-13)15-11-27-19(21-15)22-17(24)14-10-20-16-4-2-3-9-23(16)18(14)25/h2-11H,1H3,(H,21,22,24). The van der Waals surface area contributed by atoms with E-state index in [0.717, 1.165) is 11.3 Å². The van der Waals surface area contributed by atoms with Crippen LogP contribution in [0.5, 0.6) is 0 Å². The van der Waals surface area contributed by atoms with Gasteiger partial charge in [-0.15, -0.1) is 23.1 Å². The fourth-order valence-electron chi connectivity index (χ4n) is 2.57. The van der Waals surface area contributed by atoms with E-state index in [1.807, 2.05) is 35.9 Å². The maximum Gasteiger partial charge on any atom is 0.270 e. The summed E-state index contributed by atoms with van der Waals surface area (Å²) in [6.07, 6.45) is 4.90. The monoisotopic (exact) mass is 394 g/mol. The van der Waals surface area contributed by atoms with Crippen molar-refractivity contribution in [1.82, 2.24) is 14.4 Å². The highest BCUT2D eigenvalue weighted by Crippen LogP contribution is 2.26. The number of amides is 1. The average Bonchev–Trinajstić information content (AvgIpc) is 3.17. The number of rotatable bonds is 4. The Hall–Kier alpha value is -2.97. The number of benzene rings is 1. The first-order valence-corrected chi connectivity index (χ1v) is 10.1. The average molecular weight is 394 g/mol. The summed E-state index contributed by atoms with van der Waals surface area (Å²) in [4.78, 5) is 34.8. The summed E-state index contributed by atoms with van der Waals surface area (Å²) in [5.74, 6) is -0.524. The predicted molar refractivity (Wildman–Crippen MR) is 109 cm³/mol. The van der Waals surface area contributed by atoms with Crippen LogP contribution in [0.2, 0.25) is 0 Å². The third-order valence-electron chi connectivity index (χ3n) is 3.97. The molecule has 0 unspecified atom stereocenters. The minimum Gasteiger partial charge on any atom is -0.298 e. The molecule has 4 rings (SSSR count).